The van der Waals surface area contributed by atoms with Crippen LogP contribution >= 0.6 is 0 Å². The number of fused-ring (bicyclic) bond motifs is 1. The number of carboxylic acid groups (broad SMARTS) is 1. The van der Waals surface area contributed by atoms with Crippen LogP contribution in [0, 0.1) is 0 Å². The molecule has 0 aliphatic rings. The van der Waals surface area contributed by atoms with Crippen LogP contribution in [0.15, 0.2) is 77.4 Å². The summed E-state index contributed by atoms with van der Waals surface area (Å²) in [5.41, 5.74) is 1.90. The first-order chi connectivity index (χ1) is 15.8. The van der Waals surface area contributed by atoms with Crippen LogP contribution in [0.3, 0.4) is 0 Å². The molecule has 3 aromatic carbocycles. The Bertz CT molecular complexity index is 1260. The summed E-state index contributed by atoms with van der Waals surface area (Å²) in [4.78, 5) is 10.9. The van der Waals surface area contributed by atoms with Gasteiger partial charge in [0.1, 0.15) is 30.3 Å². The van der Waals surface area contributed by atoms with Crippen LogP contribution in [-0.2, 0) is 30.6 Å². The number of aliphatic carboxylic acids is 1. The van der Waals surface area contributed by atoms with Crippen molar-refractivity contribution in [2.75, 3.05) is 0 Å². The second-order valence-corrected chi connectivity index (χ2v) is 7.41. The maximum atomic E-state index is 12.7. The van der Waals surface area contributed by atoms with Gasteiger partial charge in [-0.3, -0.25) is 4.79 Å². The Hall–Kier alpha value is -3.94. The Morgan fingerprint density at radius 1 is 0.879 bits per heavy atom. The molecule has 0 radical (unpaired) electrons. The Kier molecular flexibility index (Phi) is 6.26. The molecule has 0 spiro atoms. The highest BCUT2D eigenvalue weighted by Crippen LogP contribution is 2.29. The minimum atomic E-state index is -4.37. The summed E-state index contributed by atoms with van der Waals surface area (Å²) in [6.07, 6.45) is -3.05. The molecule has 0 unspecified atom stereocenters. The van der Waals surface area contributed by atoms with E-state index in [0.29, 0.717) is 28.2 Å². The summed E-state index contributed by atoms with van der Waals surface area (Å²) in [6.45, 7) is 0.391. The minimum Gasteiger partial charge on any atom is -0.489 e. The van der Waals surface area contributed by atoms with Crippen molar-refractivity contribution < 1.29 is 37.0 Å². The fraction of sp³-hybridized carbons (Fsp3) is 0.160. The molecule has 4 aromatic rings. The average molecular weight is 456 g/mol. The predicted molar refractivity (Wildman–Crippen MR) is 114 cm³/mol. The predicted octanol–water partition coefficient (Wildman–Crippen LogP) is 6.24. The van der Waals surface area contributed by atoms with E-state index in [0.717, 1.165) is 23.1 Å². The SMILES string of the molecule is O=C(O)Cc1coc2cc(OCc3cccc(OCc4ccc(C(F)(F)F)cc4)c3)ccc12. The Morgan fingerprint density at radius 3 is 2.27 bits per heavy atom. The standard InChI is InChI=1S/C25H19F3O5/c26-25(27,28)19-6-4-16(5-7-19)13-31-20-3-1-2-17(10-20)14-32-21-8-9-22-18(11-24(29)30)15-33-23(22)12-21/h1-10,12,15H,11,13-14H2,(H,29,30). The van der Waals surface area contributed by atoms with Crippen LogP contribution in [0.5, 0.6) is 11.5 Å². The molecule has 5 nitrogen and oxygen atoms in total. The van der Waals surface area contributed by atoms with Gasteiger partial charge in [0.15, 0.2) is 0 Å². The van der Waals surface area contributed by atoms with Crippen molar-refractivity contribution in [3.05, 3.63) is 95.2 Å². The van der Waals surface area contributed by atoms with Gasteiger partial charge in [-0.1, -0.05) is 24.3 Å². The second kappa shape index (κ2) is 9.28. The number of carboxylic acids is 1. The summed E-state index contributed by atoms with van der Waals surface area (Å²) in [7, 11) is 0. The molecular formula is C25H19F3O5. The number of benzene rings is 3. The molecule has 0 fully saturated rings. The number of rotatable bonds is 8. The van der Waals surface area contributed by atoms with Gasteiger partial charge < -0.3 is 19.0 Å². The van der Waals surface area contributed by atoms with Crippen molar-refractivity contribution >= 4 is 16.9 Å². The molecule has 170 valence electrons. The molecule has 1 aromatic heterocycles. The molecule has 0 saturated carbocycles. The molecule has 0 saturated heterocycles. The number of halogens is 3. The van der Waals surface area contributed by atoms with Gasteiger partial charge in [-0.2, -0.15) is 13.2 Å². The number of alkyl halides is 3. The number of carbonyl (C=O) groups is 1. The number of ether oxygens (including phenoxy) is 2. The van der Waals surface area contributed by atoms with E-state index < -0.39 is 17.7 Å². The molecule has 0 amide bonds. The fourth-order valence-corrected chi connectivity index (χ4v) is 3.30. The van der Waals surface area contributed by atoms with Gasteiger partial charge in [-0.25, -0.2) is 0 Å². The number of furan rings is 1. The zero-order valence-corrected chi connectivity index (χ0v) is 17.3. The van der Waals surface area contributed by atoms with Crippen molar-refractivity contribution in [2.45, 2.75) is 25.8 Å². The number of hydrogen-bond acceptors (Lipinski definition) is 4. The van der Waals surface area contributed by atoms with Crippen molar-refractivity contribution in [1.82, 2.24) is 0 Å². The van der Waals surface area contributed by atoms with Crippen molar-refractivity contribution in [3.8, 4) is 11.5 Å². The molecular weight excluding hydrogens is 437 g/mol. The first kappa shape index (κ1) is 22.3. The van der Waals surface area contributed by atoms with Crippen molar-refractivity contribution in [3.63, 3.8) is 0 Å². The zero-order valence-electron chi connectivity index (χ0n) is 17.3. The average Bonchev–Trinajstić information content (AvgIpc) is 3.17. The molecule has 0 aliphatic heterocycles. The Balaban J connectivity index is 1.36. The van der Waals surface area contributed by atoms with Gasteiger partial charge in [0.05, 0.1) is 18.2 Å². The van der Waals surface area contributed by atoms with Crippen LogP contribution in [0.2, 0.25) is 0 Å². The highest BCUT2D eigenvalue weighted by Gasteiger charge is 2.29. The zero-order chi connectivity index (χ0) is 23.4. The Labute approximate surface area is 187 Å². The minimum absolute atomic E-state index is 0.119. The van der Waals surface area contributed by atoms with Gasteiger partial charge in [0.2, 0.25) is 0 Å². The third-order valence-corrected chi connectivity index (χ3v) is 4.96. The van der Waals surface area contributed by atoms with Crippen molar-refractivity contribution in [1.29, 1.82) is 0 Å². The lowest BCUT2D eigenvalue weighted by atomic mass is 10.1. The lowest BCUT2D eigenvalue weighted by molar-refractivity contribution is -0.138. The van der Waals surface area contributed by atoms with E-state index in [1.807, 2.05) is 6.07 Å². The van der Waals surface area contributed by atoms with Gasteiger partial charge in [-0.05, 0) is 47.5 Å². The molecule has 33 heavy (non-hydrogen) atoms. The van der Waals surface area contributed by atoms with Crippen LogP contribution in [0.1, 0.15) is 22.3 Å². The summed E-state index contributed by atoms with van der Waals surface area (Å²) >= 11 is 0. The monoisotopic (exact) mass is 456 g/mol. The highest BCUT2D eigenvalue weighted by molar-refractivity contribution is 5.86. The van der Waals surface area contributed by atoms with E-state index in [9.17, 15) is 18.0 Å². The topological polar surface area (TPSA) is 68.9 Å². The molecule has 1 N–H and O–H groups in total. The van der Waals surface area contributed by atoms with Crippen LogP contribution in [0.25, 0.3) is 11.0 Å². The molecule has 0 bridgehead atoms. The quantitative estimate of drug-likeness (QED) is 0.340. The van der Waals surface area contributed by atoms with Crippen molar-refractivity contribution in [2.24, 2.45) is 0 Å². The van der Waals surface area contributed by atoms with Crippen LogP contribution in [0.4, 0.5) is 13.2 Å². The van der Waals surface area contributed by atoms with E-state index in [2.05, 4.69) is 0 Å². The lowest BCUT2D eigenvalue weighted by Crippen LogP contribution is -2.05. The molecule has 4 rings (SSSR count). The van der Waals surface area contributed by atoms with Crippen LogP contribution < -0.4 is 9.47 Å². The third kappa shape index (κ3) is 5.65. The summed E-state index contributed by atoms with van der Waals surface area (Å²) in [5, 5.41) is 9.68. The Morgan fingerprint density at radius 2 is 1.58 bits per heavy atom. The maximum absolute atomic E-state index is 12.7. The second-order valence-electron chi connectivity index (χ2n) is 7.41. The molecule has 0 atom stereocenters. The molecule has 1 heterocycles. The smallest absolute Gasteiger partial charge is 0.416 e. The molecule has 8 heteroatoms. The summed E-state index contributed by atoms with van der Waals surface area (Å²) in [5.74, 6) is 0.198. The number of hydrogen-bond donors (Lipinski definition) is 1. The largest absolute Gasteiger partial charge is 0.489 e. The van der Waals surface area contributed by atoms with E-state index in [1.54, 1.807) is 36.4 Å². The fourth-order valence-electron chi connectivity index (χ4n) is 3.30. The van der Waals surface area contributed by atoms with Gasteiger partial charge in [0, 0.05) is 17.0 Å². The van der Waals surface area contributed by atoms with Gasteiger partial charge in [-0.15, -0.1) is 0 Å². The summed E-state index contributed by atoms with van der Waals surface area (Å²) in [6, 6.07) is 17.3. The van der Waals surface area contributed by atoms with Gasteiger partial charge >= 0.3 is 12.1 Å². The normalized spacial score (nSPS) is 11.5. The van der Waals surface area contributed by atoms with E-state index >= 15 is 0 Å². The first-order valence-corrected chi connectivity index (χ1v) is 10.0. The van der Waals surface area contributed by atoms with Gasteiger partial charge in [0.25, 0.3) is 0 Å². The van der Waals surface area contributed by atoms with Crippen LogP contribution in [-0.4, -0.2) is 11.1 Å². The molecule has 0 aliphatic carbocycles. The van der Waals surface area contributed by atoms with E-state index in [4.69, 9.17) is 19.0 Å². The summed E-state index contributed by atoms with van der Waals surface area (Å²) < 4.78 is 54.9. The third-order valence-electron chi connectivity index (χ3n) is 4.96. The lowest BCUT2D eigenvalue weighted by Gasteiger charge is -2.11. The van der Waals surface area contributed by atoms with E-state index in [-0.39, 0.29) is 19.6 Å². The first-order valence-electron chi connectivity index (χ1n) is 10.0. The van der Waals surface area contributed by atoms with E-state index in [1.165, 1.54) is 18.4 Å². The maximum Gasteiger partial charge on any atom is 0.416 e. The highest BCUT2D eigenvalue weighted by atomic mass is 19.4.